The van der Waals surface area contributed by atoms with E-state index in [1.54, 1.807) is 0 Å². The van der Waals surface area contributed by atoms with E-state index in [1.807, 2.05) is 0 Å². The van der Waals surface area contributed by atoms with Gasteiger partial charge >= 0.3 is 43.4 Å². The van der Waals surface area contributed by atoms with Crippen LogP contribution in [0.1, 0.15) is 109 Å². The van der Waals surface area contributed by atoms with Gasteiger partial charge in [-0.05, 0) is 37.5 Å². The van der Waals surface area contributed by atoms with Crippen molar-refractivity contribution in [1.82, 2.24) is 0 Å². The third-order valence-corrected chi connectivity index (χ3v) is 12.7. The van der Waals surface area contributed by atoms with Gasteiger partial charge in [0, 0.05) is 19.0 Å². The van der Waals surface area contributed by atoms with E-state index >= 15 is 0 Å². The Hall–Kier alpha value is 0.629. The van der Waals surface area contributed by atoms with E-state index in [-0.39, 0.29) is 98.1 Å². The van der Waals surface area contributed by atoms with Crippen molar-refractivity contribution in [3.63, 3.8) is 0 Å². The molecule has 4 aliphatic carbocycles. The molecule has 0 saturated carbocycles. The smallest absolute Gasteiger partial charge is 1.00 e. The van der Waals surface area contributed by atoms with Gasteiger partial charge in [-0.1, -0.05) is 117 Å². The van der Waals surface area contributed by atoms with Gasteiger partial charge in [-0.2, -0.15) is 12.2 Å². The van der Waals surface area contributed by atoms with Gasteiger partial charge in [-0.3, -0.25) is 12.2 Å². The number of hydrogen-bond acceptors (Lipinski definition) is 2. The zero-order valence-corrected chi connectivity index (χ0v) is 35.4. The van der Waals surface area contributed by atoms with Gasteiger partial charge in [-0.25, -0.2) is 23.3 Å². The first kappa shape index (κ1) is 46.7. The van der Waals surface area contributed by atoms with Crippen LogP contribution in [0.15, 0.2) is 83.1 Å². The summed E-state index contributed by atoms with van der Waals surface area (Å²) in [5.74, 6) is 0. The number of halogens is 2. The van der Waals surface area contributed by atoms with Crippen LogP contribution in [-0.4, -0.2) is 19.0 Å². The monoisotopic (exact) mass is 740 g/mol. The molecule has 0 aliphatic heterocycles. The molecule has 4 aliphatic rings. The van der Waals surface area contributed by atoms with Gasteiger partial charge in [0.25, 0.3) is 0 Å². The summed E-state index contributed by atoms with van der Waals surface area (Å²) in [6.45, 7) is 28.1. The topological polar surface area (TPSA) is 0 Å². The number of allylic oxidation sites excluding steroid dienone is 14. The average molecular weight is 742 g/mol. The molecule has 0 aromatic heterocycles. The predicted molar refractivity (Wildman–Crippen MR) is 184 cm³/mol. The van der Waals surface area contributed by atoms with E-state index in [4.69, 9.17) is 0 Å². The van der Waals surface area contributed by atoms with Gasteiger partial charge in [0.05, 0.1) is 0 Å². The molecular formula is C38H54Cl2S2Ti2. The Labute approximate surface area is 322 Å². The first-order valence-electron chi connectivity index (χ1n) is 15.0. The summed E-state index contributed by atoms with van der Waals surface area (Å²) in [6, 6.07) is 0. The van der Waals surface area contributed by atoms with Crippen molar-refractivity contribution >= 4 is 23.5 Å². The molecule has 0 amide bonds. The summed E-state index contributed by atoms with van der Waals surface area (Å²) in [5, 5.41) is 0. The van der Waals surface area contributed by atoms with E-state index < -0.39 is 0 Å². The Kier molecular flexibility index (Phi) is 19.0. The second-order valence-corrected chi connectivity index (χ2v) is 18.9. The number of thioether (sulfide) groups is 2. The van der Waals surface area contributed by atoms with Crippen molar-refractivity contribution in [1.29, 1.82) is 0 Å². The summed E-state index contributed by atoms with van der Waals surface area (Å²) in [5.41, 5.74) is 5.89. The maximum Gasteiger partial charge on any atom is 2.00 e. The largest absolute Gasteiger partial charge is 2.00 e. The van der Waals surface area contributed by atoms with Gasteiger partial charge in [0.1, 0.15) is 0 Å². The maximum atomic E-state index is 3.57. The van der Waals surface area contributed by atoms with Crippen LogP contribution in [0, 0.1) is 23.0 Å². The Morgan fingerprint density at radius 2 is 0.886 bits per heavy atom. The molecule has 0 nitrogen and oxygen atoms in total. The van der Waals surface area contributed by atoms with Crippen LogP contribution in [-0.2, 0) is 43.4 Å². The van der Waals surface area contributed by atoms with Crippen molar-refractivity contribution in [3.8, 4) is 0 Å². The molecule has 2 unspecified atom stereocenters. The standard InChI is InChI=1S/2C19H27S.2ClH.2Ti/c2*1-15-11-9-10-14-19(15,20-17(2,3)4)18(5,6)16-12-7-8-13-16;;;;/h2*7,9-12H,8,14H2,1-6H3;2*1H;;/q2*-1;;;2*+2/p-2. The maximum absolute atomic E-state index is 3.57. The molecule has 0 heterocycles. The second-order valence-electron chi connectivity index (χ2n) is 14.7. The molecule has 0 aromatic carbocycles. The van der Waals surface area contributed by atoms with Gasteiger partial charge in [-0.15, -0.1) is 36.4 Å². The van der Waals surface area contributed by atoms with Crippen LogP contribution < -0.4 is 24.8 Å². The van der Waals surface area contributed by atoms with Gasteiger partial charge < -0.3 is 24.8 Å². The minimum atomic E-state index is 0. The molecule has 0 N–H and O–H groups in total. The zero-order valence-electron chi connectivity index (χ0n) is 29.2. The molecule has 0 fully saturated rings. The average Bonchev–Trinajstić information content (AvgIpc) is 3.56. The zero-order chi connectivity index (χ0) is 30.0. The molecule has 44 heavy (non-hydrogen) atoms. The van der Waals surface area contributed by atoms with Crippen molar-refractivity contribution in [2.24, 2.45) is 10.8 Å². The molecule has 2 atom stereocenters. The fourth-order valence-corrected chi connectivity index (χ4v) is 10.3. The van der Waals surface area contributed by atoms with Crippen LogP contribution in [0.25, 0.3) is 0 Å². The molecule has 0 spiro atoms. The third kappa shape index (κ3) is 10.3. The summed E-state index contributed by atoms with van der Waals surface area (Å²) in [6.07, 6.45) is 33.9. The Morgan fingerprint density at radius 1 is 0.568 bits per heavy atom. The summed E-state index contributed by atoms with van der Waals surface area (Å²) >= 11 is 4.23. The van der Waals surface area contributed by atoms with Crippen molar-refractivity contribution in [2.45, 2.75) is 128 Å². The fourth-order valence-electron chi connectivity index (χ4n) is 6.63. The molecule has 0 bridgehead atoms. The Balaban J connectivity index is 0. The minimum Gasteiger partial charge on any atom is -1.00 e. The first-order chi connectivity index (χ1) is 18.4. The molecule has 0 radical (unpaired) electrons. The molecular weight excluding hydrogens is 687 g/mol. The van der Waals surface area contributed by atoms with Gasteiger partial charge in [0.2, 0.25) is 0 Å². The van der Waals surface area contributed by atoms with Crippen molar-refractivity contribution < 1.29 is 68.2 Å². The minimum absolute atomic E-state index is 0. The van der Waals surface area contributed by atoms with Crippen LogP contribution in [0.2, 0.25) is 0 Å². The Morgan fingerprint density at radius 3 is 1.11 bits per heavy atom. The molecule has 240 valence electrons. The van der Waals surface area contributed by atoms with E-state index in [0.29, 0.717) is 0 Å². The first-order valence-corrected chi connectivity index (χ1v) is 16.7. The van der Waals surface area contributed by atoms with Gasteiger partial charge in [0.15, 0.2) is 0 Å². The molecule has 0 aromatic rings. The van der Waals surface area contributed by atoms with E-state index in [1.165, 1.54) is 22.3 Å². The van der Waals surface area contributed by atoms with Crippen LogP contribution in [0.3, 0.4) is 0 Å². The summed E-state index contributed by atoms with van der Waals surface area (Å²) in [7, 11) is 0. The van der Waals surface area contributed by atoms with Crippen LogP contribution in [0.4, 0.5) is 0 Å². The molecule has 4 rings (SSSR count). The number of hydrogen-bond donors (Lipinski definition) is 0. The normalized spacial score (nSPS) is 24.3. The second kappa shape index (κ2) is 17.9. The molecule has 0 saturated heterocycles. The summed E-state index contributed by atoms with van der Waals surface area (Å²) < 4.78 is 0.717. The van der Waals surface area contributed by atoms with Crippen LogP contribution in [0.5, 0.6) is 0 Å². The summed E-state index contributed by atoms with van der Waals surface area (Å²) in [4.78, 5) is 0. The SMILES string of the molecule is CC1=CC=CCC1(SC(C)(C)C)C(C)(C)C1=[C-]CC=C1.CC1=CC=CCC1(SC(C)(C)C)C(C)(C)C1=[C-]CC=C1.[Cl-].[Cl-].[Ti+2].[Ti+2]. The fraction of sp³-hybridized carbons (Fsp3) is 0.579. The van der Waals surface area contributed by atoms with E-state index in [2.05, 4.69) is 180 Å². The third-order valence-electron chi connectivity index (χ3n) is 8.77. The van der Waals surface area contributed by atoms with Crippen molar-refractivity contribution in [2.75, 3.05) is 0 Å². The quantitative estimate of drug-likeness (QED) is 0.251. The van der Waals surface area contributed by atoms with E-state index in [9.17, 15) is 0 Å². The van der Waals surface area contributed by atoms with E-state index in [0.717, 1.165) is 25.7 Å². The Bertz CT molecular complexity index is 1110. The van der Waals surface area contributed by atoms with Crippen LogP contribution >= 0.6 is 23.5 Å². The van der Waals surface area contributed by atoms with Crippen molar-refractivity contribution in [3.05, 3.63) is 95.2 Å². The number of rotatable bonds is 6. The molecule has 6 heteroatoms. The predicted octanol–water partition coefficient (Wildman–Crippen LogP) is 5.76.